The molecule has 1 unspecified atom stereocenters. The minimum absolute atomic E-state index is 0.171. The van der Waals surface area contributed by atoms with Crippen molar-refractivity contribution >= 4 is 57.8 Å². The van der Waals surface area contributed by atoms with Gasteiger partial charge in [-0.3, -0.25) is 24.5 Å². The number of nitrogens with zero attached hydrogens (tertiary/aromatic N) is 1. The van der Waals surface area contributed by atoms with E-state index in [4.69, 9.17) is 15.2 Å². The quantitative estimate of drug-likeness (QED) is 0.399. The van der Waals surface area contributed by atoms with Gasteiger partial charge in [-0.25, -0.2) is 0 Å². The number of hydrogen-bond acceptors (Lipinski definition) is 9. The first kappa shape index (κ1) is 20.0. The van der Waals surface area contributed by atoms with Crippen molar-refractivity contribution in [2.24, 2.45) is 10.7 Å². The van der Waals surface area contributed by atoms with Gasteiger partial charge in [0.25, 0.3) is 11.1 Å². The van der Waals surface area contributed by atoms with Crippen LogP contribution in [0.25, 0.3) is 6.08 Å². The minimum Gasteiger partial charge on any atom is -0.490 e. The van der Waals surface area contributed by atoms with Crippen LogP contribution in [0.3, 0.4) is 0 Å². The maximum Gasteiger partial charge on any atom is 0.312 e. The molecule has 1 aromatic carbocycles. The number of esters is 1. The molecule has 2 aliphatic rings. The van der Waals surface area contributed by atoms with Crippen molar-refractivity contribution in [2.45, 2.75) is 18.6 Å². The number of thioether (sulfide) groups is 2. The number of hydrogen-bond donors (Lipinski definition) is 2. The van der Waals surface area contributed by atoms with Gasteiger partial charge in [0.1, 0.15) is 5.25 Å². The zero-order valence-electron chi connectivity index (χ0n) is 14.6. The summed E-state index contributed by atoms with van der Waals surface area (Å²) >= 11 is 1.82. The molecule has 2 heterocycles. The van der Waals surface area contributed by atoms with Crippen molar-refractivity contribution in [1.82, 2.24) is 5.32 Å². The Bertz CT molecular complexity index is 927. The van der Waals surface area contributed by atoms with Gasteiger partial charge < -0.3 is 15.2 Å². The van der Waals surface area contributed by atoms with E-state index in [0.29, 0.717) is 22.8 Å². The first-order chi connectivity index (χ1) is 13.4. The van der Waals surface area contributed by atoms with Crippen LogP contribution in [0, 0.1) is 0 Å². The summed E-state index contributed by atoms with van der Waals surface area (Å²) < 4.78 is 10.8. The summed E-state index contributed by atoms with van der Waals surface area (Å²) in [5.41, 5.74) is 6.17. The number of amidine groups is 1. The highest BCUT2D eigenvalue weighted by Crippen LogP contribution is 2.33. The number of nitrogens with two attached hydrogens (primary N) is 1. The highest BCUT2D eigenvalue weighted by Gasteiger charge is 2.34. The molecule has 1 atom stereocenters. The number of benzene rings is 1. The average Bonchev–Trinajstić information content (AvgIpc) is 3.10. The summed E-state index contributed by atoms with van der Waals surface area (Å²) in [4.78, 5) is 50.6. The monoisotopic (exact) mass is 421 g/mol. The van der Waals surface area contributed by atoms with Crippen molar-refractivity contribution < 1.29 is 28.7 Å². The first-order valence-electron chi connectivity index (χ1n) is 8.12. The van der Waals surface area contributed by atoms with E-state index in [1.165, 1.54) is 6.07 Å². The maximum atomic E-state index is 12.1. The number of nitrogens with one attached hydrogen (secondary N) is 1. The van der Waals surface area contributed by atoms with E-state index in [0.717, 1.165) is 23.5 Å². The number of imide groups is 1. The Morgan fingerprint density at radius 2 is 2.11 bits per heavy atom. The predicted octanol–water partition coefficient (Wildman–Crippen LogP) is 1.66. The SMILES string of the molecule is CCOc1cc(/C=C2\SC(N)=NC2=O)ccc1OC(=O)CC1SC(=O)NC1=O. The predicted molar refractivity (Wildman–Crippen MR) is 105 cm³/mol. The molecule has 0 bridgehead atoms. The van der Waals surface area contributed by atoms with E-state index in [9.17, 15) is 19.2 Å². The molecule has 0 spiro atoms. The van der Waals surface area contributed by atoms with Crippen LogP contribution in [0.5, 0.6) is 11.5 Å². The molecular formula is C17H15N3O6S2. The zero-order valence-corrected chi connectivity index (χ0v) is 16.2. The Kier molecular flexibility index (Phi) is 6.05. The van der Waals surface area contributed by atoms with Crippen LogP contribution < -0.4 is 20.5 Å². The lowest BCUT2D eigenvalue weighted by Gasteiger charge is -2.12. The van der Waals surface area contributed by atoms with Crippen molar-refractivity contribution in [2.75, 3.05) is 6.61 Å². The van der Waals surface area contributed by atoms with Gasteiger partial charge in [-0.1, -0.05) is 17.8 Å². The second-order valence-electron chi connectivity index (χ2n) is 5.57. The van der Waals surface area contributed by atoms with Gasteiger partial charge in [0.05, 0.1) is 17.9 Å². The van der Waals surface area contributed by atoms with Crippen LogP contribution in [-0.4, -0.2) is 40.0 Å². The largest absolute Gasteiger partial charge is 0.490 e. The van der Waals surface area contributed by atoms with Crippen LogP contribution in [0.1, 0.15) is 18.9 Å². The van der Waals surface area contributed by atoms with Gasteiger partial charge in [-0.05, 0) is 42.5 Å². The molecular weight excluding hydrogens is 406 g/mol. The third-order valence-electron chi connectivity index (χ3n) is 3.55. The minimum atomic E-state index is -0.810. The van der Waals surface area contributed by atoms with Gasteiger partial charge in [0.15, 0.2) is 16.7 Å². The van der Waals surface area contributed by atoms with E-state index in [2.05, 4.69) is 10.3 Å². The summed E-state index contributed by atoms with van der Waals surface area (Å²) in [5.74, 6) is -1.13. The Hall–Kier alpha value is -2.79. The summed E-state index contributed by atoms with van der Waals surface area (Å²) in [5, 5.41) is 0.998. The fourth-order valence-electron chi connectivity index (χ4n) is 2.39. The fraction of sp³-hybridized carbons (Fsp3) is 0.235. The second-order valence-corrected chi connectivity index (χ2v) is 7.80. The summed E-state index contributed by atoms with van der Waals surface area (Å²) in [6, 6.07) is 4.78. The molecule has 1 fully saturated rings. The molecule has 11 heteroatoms. The molecule has 0 aromatic heterocycles. The summed E-state index contributed by atoms with van der Waals surface area (Å²) in [6.07, 6.45) is 1.36. The molecule has 28 heavy (non-hydrogen) atoms. The molecule has 9 nitrogen and oxygen atoms in total. The standard InChI is InChI=1S/C17H15N3O6S2/c1-2-25-10-5-8(6-11-14(22)19-16(18)27-11)3-4-9(10)26-13(21)7-12-15(23)20-17(24)28-12/h3-6,12H,2,7H2,1H3,(H2,18,19,22)(H,20,23,24)/b11-6-. The number of carbonyl (C=O) groups is 4. The van der Waals surface area contributed by atoms with Crippen LogP contribution in [-0.2, 0) is 14.4 Å². The van der Waals surface area contributed by atoms with E-state index in [1.54, 1.807) is 25.1 Å². The Morgan fingerprint density at radius 1 is 1.32 bits per heavy atom. The smallest absolute Gasteiger partial charge is 0.312 e. The van der Waals surface area contributed by atoms with Crippen molar-refractivity contribution in [1.29, 1.82) is 0 Å². The molecule has 3 N–H and O–H groups in total. The highest BCUT2D eigenvalue weighted by atomic mass is 32.2. The number of rotatable bonds is 6. The van der Waals surface area contributed by atoms with Gasteiger partial charge >= 0.3 is 5.97 Å². The zero-order chi connectivity index (χ0) is 20.3. The van der Waals surface area contributed by atoms with Crippen LogP contribution >= 0.6 is 23.5 Å². The lowest BCUT2D eigenvalue weighted by atomic mass is 10.2. The van der Waals surface area contributed by atoms with Gasteiger partial charge in [0.2, 0.25) is 5.91 Å². The lowest BCUT2D eigenvalue weighted by molar-refractivity contribution is -0.136. The first-order valence-corrected chi connectivity index (χ1v) is 9.82. The molecule has 0 radical (unpaired) electrons. The van der Waals surface area contributed by atoms with Crippen molar-refractivity contribution in [3.05, 3.63) is 28.7 Å². The van der Waals surface area contributed by atoms with E-state index < -0.39 is 28.3 Å². The number of ether oxygens (including phenoxy) is 2. The second kappa shape index (κ2) is 8.48. The summed E-state index contributed by atoms with van der Waals surface area (Å²) in [7, 11) is 0. The third-order valence-corrected chi connectivity index (χ3v) is 5.34. The maximum absolute atomic E-state index is 12.1. The van der Waals surface area contributed by atoms with Crippen LogP contribution in [0.15, 0.2) is 28.1 Å². The third kappa shape index (κ3) is 4.73. The Morgan fingerprint density at radius 3 is 2.71 bits per heavy atom. The molecule has 146 valence electrons. The molecule has 3 rings (SSSR count). The molecule has 1 aromatic rings. The normalized spacial score (nSPS) is 20.3. The Balaban J connectivity index is 1.73. The number of amides is 3. The van der Waals surface area contributed by atoms with E-state index in [1.807, 2.05) is 0 Å². The molecule has 0 saturated carbocycles. The fourth-order valence-corrected chi connectivity index (χ4v) is 3.87. The lowest BCUT2D eigenvalue weighted by Crippen LogP contribution is -2.27. The van der Waals surface area contributed by atoms with Crippen molar-refractivity contribution in [3.8, 4) is 11.5 Å². The van der Waals surface area contributed by atoms with E-state index >= 15 is 0 Å². The van der Waals surface area contributed by atoms with Crippen LogP contribution in [0.2, 0.25) is 0 Å². The number of aliphatic imine (C=N–C) groups is 1. The molecule has 3 amide bonds. The molecule has 0 aliphatic carbocycles. The average molecular weight is 421 g/mol. The van der Waals surface area contributed by atoms with Crippen molar-refractivity contribution in [3.63, 3.8) is 0 Å². The topological polar surface area (TPSA) is 137 Å². The summed E-state index contributed by atoms with van der Waals surface area (Å²) in [6.45, 7) is 2.09. The molecule has 2 aliphatic heterocycles. The van der Waals surface area contributed by atoms with Gasteiger partial charge in [-0.15, -0.1) is 0 Å². The van der Waals surface area contributed by atoms with Gasteiger partial charge in [0, 0.05) is 0 Å². The highest BCUT2D eigenvalue weighted by molar-refractivity contribution is 8.18. The molecule has 1 saturated heterocycles. The Labute approximate surface area is 168 Å². The van der Waals surface area contributed by atoms with Gasteiger partial charge in [-0.2, -0.15) is 4.99 Å². The van der Waals surface area contributed by atoms with Crippen LogP contribution in [0.4, 0.5) is 4.79 Å². The number of carbonyl (C=O) groups excluding carboxylic acids is 4. The van der Waals surface area contributed by atoms with E-state index in [-0.39, 0.29) is 17.3 Å².